The Hall–Kier alpha value is -2.04. The molecule has 0 radical (unpaired) electrons. The first-order valence-electron chi connectivity index (χ1n) is 9.75. The van der Waals surface area contributed by atoms with Crippen LogP contribution in [0, 0.1) is 11.7 Å². The lowest BCUT2D eigenvalue weighted by molar-refractivity contribution is -0.126. The summed E-state index contributed by atoms with van der Waals surface area (Å²) in [5, 5.41) is 2.71. The molecule has 2 saturated heterocycles. The number of carbonyl (C=O) groups is 2. The lowest BCUT2D eigenvalue weighted by Gasteiger charge is -2.31. The van der Waals surface area contributed by atoms with E-state index in [0.29, 0.717) is 57.8 Å². The number of halogens is 1. The minimum atomic E-state index is -3.40. The highest BCUT2D eigenvalue weighted by Crippen LogP contribution is 2.19. The molecule has 8 nitrogen and oxygen atoms in total. The Bertz CT molecular complexity index is 817. The number of benzene rings is 1. The first-order valence-corrected chi connectivity index (χ1v) is 11.4. The van der Waals surface area contributed by atoms with Gasteiger partial charge in [-0.2, -0.15) is 4.31 Å². The van der Waals surface area contributed by atoms with Crippen LogP contribution in [0.1, 0.15) is 23.2 Å². The number of ether oxygens (including phenoxy) is 1. The zero-order valence-electron chi connectivity index (χ0n) is 16.2. The quantitative estimate of drug-likeness (QED) is 0.712. The van der Waals surface area contributed by atoms with Crippen molar-refractivity contribution in [2.45, 2.75) is 12.8 Å². The van der Waals surface area contributed by atoms with Crippen molar-refractivity contribution >= 4 is 21.8 Å². The molecule has 2 amide bonds. The van der Waals surface area contributed by atoms with Gasteiger partial charge in [-0.1, -0.05) is 0 Å². The van der Waals surface area contributed by atoms with E-state index in [1.807, 2.05) is 0 Å². The lowest BCUT2D eigenvalue weighted by Crippen LogP contribution is -2.46. The molecule has 1 aromatic rings. The van der Waals surface area contributed by atoms with Gasteiger partial charge in [0, 0.05) is 44.2 Å². The topological polar surface area (TPSA) is 96.0 Å². The summed E-state index contributed by atoms with van der Waals surface area (Å²) in [6.07, 6.45) is 1.02. The van der Waals surface area contributed by atoms with Crippen molar-refractivity contribution in [1.82, 2.24) is 14.5 Å². The lowest BCUT2D eigenvalue weighted by atomic mass is 9.95. The number of nitrogens with zero attached hydrogens (tertiary/aromatic N) is 2. The molecule has 0 aliphatic carbocycles. The summed E-state index contributed by atoms with van der Waals surface area (Å²) in [5.41, 5.74) is 0.419. The smallest absolute Gasteiger partial charge is 0.253 e. The highest BCUT2D eigenvalue weighted by molar-refractivity contribution is 7.89. The van der Waals surface area contributed by atoms with Crippen LogP contribution in [-0.4, -0.2) is 81.1 Å². The number of hydrogen-bond acceptors (Lipinski definition) is 5. The van der Waals surface area contributed by atoms with Gasteiger partial charge in [-0.05, 0) is 37.1 Å². The summed E-state index contributed by atoms with van der Waals surface area (Å²) in [6, 6.07) is 5.40. The average molecular weight is 427 g/mol. The van der Waals surface area contributed by atoms with Crippen molar-refractivity contribution < 1.29 is 27.1 Å². The Balaban J connectivity index is 1.41. The van der Waals surface area contributed by atoms with Crippen LogP contribution in [-0.2, 0) is 19.6 Å². The molecule has 1 aromatic carbocycles. The third-order valence-corrected chi connectivity index (χ3v) is 7.14. The third kappa shape index (κ3) is 5.74. The number of piperidine rings is 1. The van der Waals surface area contributed by atoms with Gasteiger partial charge in [0.25, 0.3) is 5.91 Å². The van der Waals surface area contributed by atoms with Gasteiger partial charge in [0.2, 0.25) is 15.9 Å². The normalized spacial score (nSPS) is 19.1. The number of sulfonamides is 1. The summed E-state index contributed by atoms with van der Waals surface area (Å²) >= 11 is 0. The second-order valence-corrected chi connectivity index (χ2v) is 9.28. The second-order valence-electron chi connectivity index (χ2n) is 7.19. The van der Waals surface area contributed by atoms with Crippen LogP contribution in [0.2, 0.25) is 0 Å². The molecule has 10 heteroatoms. The van der Waals surface area contributed by atoms with Crippen molar-refractivity contribution in [2.24, 2.45) is 5.92 Å². The number of hydrogen-bond donors (Lipinski definition) is 1. The molecular formula is C19H26FN3O5S. The highest BCUT2D eigenvalue weighted by atomic mass is 32.2. The summed E-state index contributed by atoms with van der Waals surface area (Å²) in [4.78, 5) is 26.5. The second kappa shape index (κ2) is 9.64. The van der Waals surface area contributed by atoms with Gasteiger partial charge in [0.05, 0.1) is 19.0 Å². The highest BCUT2D eigenvalue weighted by Gasteiger charge is 2.29. The van der Waals surface area contributed by atoms with Crippen molar-refractivity contribution in [3.63, 3.8) is 0 Å². The van der Waals surface area contributed by atoms with E-state index in [-0.39, 0.29) is 30.0 Å². The number of likely N-dealkylation sites (tertiary alicyclic amines) is 1. The van der Waals surface area contributed by atoms with Crippen LogP contribution in [0.5, 0.6) is 0 Å². The predicted octanol–water partition coefficient (Wildman–Crippen LogP) is 0.456. The van der Waals surface area contributed by atoms with E-state index in [4.69, 9.17) is 4.74 Å². The molecule has 1 N–H and O–H groups in total. The molecule has 3 rings (SSSR count). The molecule has 160 valence electrons. The van der Waals surface area contributed by atoms with E-state index < -0.39 is 15.8 Å². The molecule has 2 heterocycles. The standard InChI is InChI=1S/C19H26FN3O5S/c20-17-3-1-16(2-4-17)19(25)22-8-5-15(6-9-22)18(24)21-7-14-29(26,27)23-10-12-28-13-11-23/h1-4,15H,5-14H2,(H,21,24). The Morgan fingerprint density at radius 3 is 2.31 bits per heavy atom. The number of amides is 2. The van der Waals surface area contributed by atoms with E-state index >= 15 is 0 Å². The molecule has 29 heavy (non-hydrogen) atoms. The van der Waals surface area contributed by atoms with Crippen LogP contribution >= 0.6 is 0 Å². The molecule has 0 atom stereocenters. The summed E-state index contributed by atoms with van der Waals surface area (Å²) in [7, 11) is -3.40. The maximum Gasteiger partial charge on any atom is 0.253 e. The monoisotopic (exact) mass is 427 g/mol. The fraction of sp³-hybridized carbons (Fsp3) is 0.579. The minimum absolute atomic E-state index is 0.0627. The van der Waals surface area contributed by atoms with Gasteiger partial charge in [-0.25, -0.2) is 12.8 Å². The van der Waals surface area contributed by atoms with E-state index in [0.717, 1.165) is 0 Å². The largest absolute Gasteiger partial charge is 0.379 e. The Morgan fingerprint density at radius 2 is 1.69 bits per heavy atom. The van der Waals surface area contributed by atoms with Gasteiger partial charge in [-0.3, -0.25) is 9.59 Å². The molecule has 0 unspecified atom stereocenters. The van der Waals surface area contributed by atoms with Gasteiger partial charge < -0.3 is 15.0 Å². The van der Waals surface area contributed by atoms with E-state index in [9.17, 15) is 22.4 Å². The predicted molar refractivity (Wildman–Crippen MR) is 104 cm³/mol. The summed E-state index contributed by atoms with van der Waals surface area (Å²) in [5.74, 6) is -1.15. The van der Waals surface area contributed by atoms with Crippen molar-refractivity contribution in [2.75, 3.05) is 51.7 Å². The molecule has 2 fully saturated rings. The van der Waals surface area contributed by atoms with E-state index in [1.165, 1.54) is 28.6 Å². The molecule has 2 aliphatic heterocycles. The van der Waals surface area contributed by atoms with Crippen molar-refractivity contribution in [3.05, 3.63) is 35.6 Å². The minimum Gasteiger partial charge on any atom is -0.379 e. The van der Waals surface area contributed by atoms with E-state index in [1.54, 1.807) is 4.90 Å². The fourth-order valence-electron chi connectivity index (χ4n) is 3.52. The maximum absolute atomic E-state index is 13.0. The zero-order valence-corrected chi connectivity index (χ0v) is 17.0. The molecular weight excluding hydrogens is 401 g/mol. The molecule has 0 saturated carbocycles. The van der Waals surface area contributed by atoms with Gasteiger partial charge in [-0.15, -0.1) is 0 Å². The van der Waals surface area contributed by atoms with Crippen LogP contribution < -0.4 is 5.32 Å². The average Bonchev–Trinajstić information content (AvgIpc) is 2.74. The number of carbonyl (C=O) groups excluding carboxylic acids is 2. The van der Waals surface area contributed by atoms with Gasteiger partial charge in [0.15, 0.2) is 0 Å². The van der Waals surface area contributed by atoms with Crippen LogP contribution in [0.4, 0.5) is 4.39 Å². The van der Waals surface area contributed by atoms with E-state index in [2.05, 4.69) is 5.32 Å². The Morgan fingerprint density at radius 1 is 1.07 bits per heavy atom. The number of nitrogens with one attached hydrogen (secondary N) is 1. The van der Waals surface area contributed by atoms with Crippen LogP contribution in [0.15, 0.2) is 24.3 Å². The number of rotatable bonds is 6. The molecule has 0 aromatic heterocycles. The Kier molecular flexibility index (Phi) is 7.20. The first kappa shape index (κ1) is 21.7. The summed E-state index contributed by atoms with van der Waals surface area (Å²) in [6.45, 7) is 2.39. The zero-order chi connectivity index (χ0) is 20.9. The molecule has 0 spiro atoms. The first-order chi connectivity index (χ1) is 13.9. The van der Waals surface area contributed by atoms with Crippen molar-refractivity contribution in [3.8, 4) is 0 Å². The van der Waals surface area contributed by atoms with Crippen LogP contribution in [0.3, 0.4) is 0 Å². The van der Waals surface area contributed by atoms with Gasteiger partial charge >= 0.3 is 0 Å². The maximum atomic E-state index is 13.0. The SMILES string of the molecule is O=C(NCCS(=O)(=O)N1CCOCC1)C1CCN(C(=O)c2ccc(F)cc2)CC1. The van der Waals surface area contributed by atoms with Gasteiger partial charge in [0.1, 0.15) is 5.82 Å². The Labute approximate surface area is 170 Å². The molecule has 0 bridgehead atoms. The van der Waals surface area contributed by atoms with Crippen molar-refractivity contribution in [1.29, 1.82) is 0 Å². The number of morpholine rings is 1. The summed E-state index contributed by atoms with van der Waals surface area (Å²) < 4.78 is 44.1. The molecule has 2 aliphatic rings. The third-order valence-electron chi connectivity index (χ3n) is 5.27. The van der Waals surface area contributed by atoms with Crippen LogP contribution in [0.25, 0.3) is 0 Å². The fourth-order valence-corrected chi connectivity index (χ4v) is 4.84.